The number of benzene rings is 9. The summed E-state index contributed by atoms with van der Waals surface area (Å²) in [5, 5.41) is 2.12. The Balaban J connectivity index is 1.00. The van der Waals surface area contributed by atoms with Crippen molar-refractivity contribution >= 4 is 21.9 Å². The van der Waals surface area contributed by atoms with Gasteiger partial charge >= 0.3 is 0 Å². The molecule has 2 heterocycles. The van der Waals surface area contributed by atoms with Crippen molar-refractivity contribution in [3.63, 3.8) is 0 Å². The Morgan fingerprint density at radius 1 is 0.312 bits per heavy atom. The molecule has 9 aromatic carbocycles. The number of hydrogen-bond acceptors (Lipinski definition) is 4. The predicted molar refractivity (Wildman–Crippen MR) is 263 cm³/mol. The van der Waals surface area contributed by atoms with E-state index in [2.05, 4.69) is 202 Å². The molecule has 302 valence electrons. The minimum absolute atomic E-state index is 0.120. The third kappa shape index (κ3) is 6.42. The van der Waals surface area contributed by atoms with Crippen LogP contribution in [0, 0.1) is 0 Å². The van der Waals surface area contributed by atoms with E-state index in [0.29, 0.717) is 17.5 Å². The molecule has 0 N–H and O–H groups in total. The smallest absolute Gasteiger partial charge is 0.164 e. The van der Waals surface area contributed by atoms with Crippen LogP contribution >= 0.6 is 0 Å². The molecule has 0 spiro atoms. The van der Waals surface area contributed by atoms with Crippen molar-refractivity contribution in [3.8, 4) is 89.8 Å². The molecule has 0 saturated carbocycles. The standard InChI is InChI=1S/C60H41N3O/c1-60(2)52-26-13-12-24-49(52)50-30-28-42(36-53(50)60)46-33-45(39-18-8-4-9-19-39)34-47(35-46)59-62-57(40-20-10-5-11-21-40)61-58(63-59)44-29-31-51-55(37-44)64-54-27-15-25-48(56(51)54)43-23-14-22-41(32-43)38-16-6-3-7-17-38/h3-37H,1-2H3. The molecular weight excluding hydrogens is 779 g/mol. The van der Waals surface area contributed by atoms with Gasteiger partial charge in [-0.15, -0.1) is 0 Å². The van der Waals surface area contributed by atoms with E-state index < -0.39 is 0 Å². The highest BCUT2D eigenvalue weighted by Crippen LogP contribution is 2.50. The summed E-state index contributed by atoms with van der Waals surface area (Å²) in [7, 11) is 0. The Bertz CT molecular complexity index is 3570. The van der Waals surface area contributed by atoms with Gasteiger partial charge in [-0.1, -0.05) is 178 Å². The summed E-state index contributed by atoms with van der Waals surface area (Å²) in [4.78, 5) is 15.6. The van der Waals surface area contributed by atoms with Gasteiger partial charge in [-0.3, -0.25) is 0 Å². The average molecular weight is 820 g/mol. The van der Waals surface area contributed by atoms with E-state index in [1.165, 1.54) is 33.4 Å². The fraction of sp³-hybridized carbons (Fsp3) is 0.0500. The van der Waals surface area contributed by atoms with E-state index in [4.69, 9.17) is 19.4 Å². The van der Waals surface area contributed by atoms with Gasteiger partial charge in [0.1, 0.15) is 11.2 Å². The maximum atomic E-state index is 6.65. The van der Waals surface area contributed by atoms with Crippen LogP contribution in [0.3, 0.4) is 0 Å². The molecule has 4 nitrogen and oxygen atoms in total. The van der Waals surface area contributed by atoms with E-state index in [9.17, 15) is 0 Å². The Morgan fingerprint density at radius 3 is 1.56 bits per heavy atom. The molecule has 64 heavy (non-hydrogen) atoms. The first-order chi connectivity index (χ1) is 31.4. The molecule has 1 aliphatic rings. The van der Waals surface area contributed by atoms with Gasteiger partial charge in [-0.2, -0.15) is 0 Å². The van der Waals surface area contributed by atoms with E-state index >= 15 is 0 Å². The lowest BCUT2D eigenvalue weighted by molar-refractivity contribution is 0.660. The number of furan rings is 1. The summed E-state index contributed by atoms with van der Waals surface area (Å²) in [5.41, 5.74) is 18.6. The second-order valence-corrected chi connectivity index (χ2v) is 17.2. The molecule has 0 unspecified atom stereocenters. The van der Waals surface area contributed by atoms with E-state index in [1.807, 2.05) is 24.3 Å². The van der Waals surface area contributed by atoms with Crippen molar-refractivity contribution in [2.45, 2.75) is 19.3 Å². The fourth-order valence-corrected chi connectivity index (χ4v) is 9.66. The zero-order chi connectivity index (χ0) is 42.8. The van der Waals surface area contributed by atoms with Crippen molar-refractivity contribution in [2.75, 3.05) is 0 Å². The van der Waals surface area contributed by atoms with E-state index in [1.54, 1.807) is 0 Å². The number of aromatic nitrogens is 3. The van der Waals surface area contributed by atoms with Crippen molar-refractivity contribution in [1.82, 2.24) is 15.0 Å². The highest BCUT2D eigenvalue weighted by atomic mass is 16.3. The molecule has 0 bridgehead atoms. The lowest BCUT2D eigenvalue weighted by atomic mass is 9.81. The largest absolute Gasteiger partial charge is 0.456 e. The van der Waals surface area contributed by atoms with Gasteiger partial charge in [0, 0.05) is 32.9 Å². The Hall–Kier alpha value is -8.21. The lowest BCUT2D eigenvalue weighted by Gasteiger charge is -2.22. The van der Waals surface area contributed by atoms with Crippen LogP contribution in [0.15, 0.2) is 217 Å². The third-order valence-electron chi connectivity index (χ3n) is 12.9. The van der Waals surface area contributed by atoms with E-state index in [-0.39, 0.29) is 5.41 Å². The molecule has 0 radical (unpaired) electrons. The van der Waals surface area contributed by atoms with Gasteiger partial charge in [0.25, 0.3) is 0 Å². The van der Waals surface area contributed by atoms with Gasteiger partial charge in [-0.25, -0.2) is 15.0 Å². The summed E-state index contributed by atoms with van der Waals surface area (Å²) in [5.74, 6) is 1.78. The van der Waals surface area contributed by atoms with Crippen LogP contribution in [0.2, 0.25) is 0 Å². The van der Waals surface area contributed by atoms with Crippen LogP contribution in [-0.2, 0) is 5.41 Å². The minimum atomic E-state index is -0.120. The normalized spacial score (nSPS) is 12.7. The summed E-state index contributed by atoms with van der Waals surface area (Å²) in [6.07, 6.45) is 0. The first-order valence-electron chi connectivity index (χ1n) is 21.8. The second-order valence-electron chi connectivity index (χ2n) is 17.2. The van der Waals surface area contributed by atoms with Crippen LogP contribution in [-0.4, -0.2) is 15.0 Å². The Kier molecular flexibility index (Phi) is 8.80. The molecule has 12 rings (SSSR count). The quantitative estimate of drug-likeness (QED) is 0.161. The molecule has 1 aliphatic carbocycles. The highest BCUT2D eigenvalue weighted by molar-refractivity contribution is 6.13. The summed E-state index contributed by atoms with van der Waals surface area (Å²) < 4.78 is 6.65. The lowest BCUT2D eigenvalue weighted by Crippen LogP contribution is -2.14. The Labute approximate surface area is 372 Å². The van der Waals surface area contributed by atoms with Crippen LogP contribution < -0.4 is 0 Å². The summed E-state index contributed by atoms with van der Waals surface area (Å²) >= 11 is 0. The molecule has 2 aromatic heterocycles. The molecule has 0 atom stereocenters. The number of fused-ring (bicyclic) bond motifs is 6. The molecular formula is C60H41N3O. The van der Waals surface area contributed by atoms with Crippen LogP contribution in [0.25, 0.3) is 112 Å². The summed E-state index contributed by atoms with van der Waals surface area (Å²) in [6.45, 7) is 4.66. The number of hydrogen-bond donors (Lipinski definition) is 0. The minimum Gasteiger partial charge on any atom is -0.456 e. The van der Waals surface area contributed by atoms with Gasteiger partial charge in [0.05, 0.1) is 0 Å². The molecule has 0 aliphatic heterocycles. The van der Waals surface area contributed by atoms with Crippen molar-refractivity contribution in [3.05, 3.63) is 223 Å². The predicted octanol–water partition coefficient (Wildman–Crippen LogP) is 15.7. The molecule has 0 fully saturated rings. The average Bonchev–Trinajstić information content (AvgIpc) is 3.85. The number of rotatable bonds is 7. The monoisotopic (exact) mass is 819 g/mol. The zero-order valence-electron chi connectivity index (χ0n) is 35.5. The maximum Gasteiger partial charge on any atom is 0.164 e. The Morgan fingerprint density at radius 2 is 0.812 bits per heavy atom. The first kappa shape index (κ1) is 37.5. The van der Waals surface area contributed by atoms with Gasteiger partial charge in [0.15, 0.2) is 17.5 Å². The fourth-order valence-electron chi connectivity index (χ4n) is 9.66. The molecule has 4 heteroatoms. The zero-order valence-corrected chi connectivity index (χ0v) is 35.5. The third-order valence-corrected chi connectivity index (χ3v) is 12.9. The van der Waals surface area contributed by atoms with E-state index in [0.717, 1.165) is 72.0 Å². The molecule has 0 saturated heterocycles. The van der Waals surface area contributed by atoms with Gasteiger partial charge in [0.2, 0.25) is 0 Å². The maximum absolute atomic E-state index is 6.65. The highest BCUT2D eigenvalue weighted by Gasteiger charge is 2.35. The van der Waals surface area contributed by atoms with Crippen molar-refractivity contribution < 1.29 is 4.42 Å². The first-order valence-corrected chi connectivity index (χ1v) is 21.8. The molecule has 11 aromatic rings. The van der Waals surface area contributed by atoms with Gasteiger partial charge < -0.3 is 4.42 Å². The second kappa shape index (κ2) is 15.0. The SMILES string of the molecule is CC1(C)c2ccccc2-c2ccc(-c3cc(-c4ccccc4)cc(-c4nc(-c5ccccc5)nc(-c5ccc6c(c5)oc5cccc(-c7cccc(-c8ccccc8)c7)c56)n4)c3)cc21. The molecule has 0 amide bonds. The van der Waals surface area contributed by atoms with Crippen molar-refractivity contribution in [1.29, 1.82) is 0 Å². The van der Waals surface area contributed by atoms with Crippen LogP contribution in [0.4, 0.5) is 0 Å². The van der Waals surface area contributed by atoms with Crippen LogP contribution in [0.1, 0.15) is 25.0 Å². The number of nitrogens with zero attached hydrogens (tertiary/aromatic N) is 3. The van der Waals surface area contributed by atoms with Crippen LogP contribution in [0.5, 0.6) is 0 Å². The summed E-state index contributed by atoms with van der Waals surface area (Å²) in [6, 6.07) is 75.0. The topological polar surface area (TPSA) is 51.8 Å². The van der Waals surface area contributed by atoms with Crippen molar-refractivity contribution in [2.24, 2.45) is 0 Å². The van der Waals surface area contributed by atoms with Gasteiger partial charge in [-0.05, 0) is 115 Å².